The van der Waals surface area contributed by atoms with Gasteiger partial charge in [-0.1, -0.05) is 24.3 Å². The number of primary amides is 1. The van der Waals surface area contributed by atoms with Crippen LogP contribution in [0.15, 0.2) is 42.5 Å². The topological polar surface area (TPSA) is 58.4 Å². The first-order valence-electron chi connectivity index (χ1n) is 7.94. The van der Waals surface area contributed by atoms with Crippen LogP contribution in [0.4, 0.5) is 29.3 Å². The van der Waals surface area contributed by atoms with Gasteiger partial charge in [0.1, 0.15) is 0 Å². The van der Waals surface area contributed by atoms with E-state index in [1.54, 1.807) is 18.2 Å². The molecule has 0 saturated carbocycles. The summed E-state index contributed by atoms with van der Waals surface area (Å²) >= 11 is 0. The molecule has 0 fully saturated rings. The number of rotatable bonds is 3. The zero-order valence-electron chi connectivity index (χ0n) is 13.4. The van der Waals surface area contributed by atoms with Gasteiger partial charge in [-0.15, -0.1) is 0 Å². The lowest BCUT2D eigenvalue weighted by Crippen LogP contribution is -2.31. The van der Waals surface area contributed by atoms with Crippen molar-refractivity contribution in [3.8, 4) is 0 Å². The maximum atomic E-state index is 13.2. The minimum atomic E-state index is -4.38. The summed E-state index contributed by atoms with van der Waals surface area (Å²) in [6, 6.07) is 10.3. The number of amides is 2. The number of nitrogens with zero attached hydrogens (tertiary/aromatic N) is 1. The van der Waals surface area contributed by atoms with Crippen molar-refractivity contribution < 1.29 is 18.0 Å². The Balaban J connectivity index is 1.94. The van der Waals surface area contributed by atoms with E-state index in [0.29, 0.717) is 12.2 Å². The van der Waals surface area contributed by atoms with Crippen LogP contribution in [0.25, 0.3) is 0 Å². The van der Waals surface area contributed by atoms with Crippen molar-refractivity contribution in [2.45, 2.75) is 25.6 Å². The highest BCUT2D eigenvalue weighted by Crippen LogP contribution is 2.36. The van der Waals surface area contributed by atoms with Crippen molar-refractivity contribution >= 4 is 17.4 Å². The minimum absolute atomic E-state index is 0.155. The molecule has 0 spiro atoms. The average molecular weight is 349 g/mol. The molecule has 1 aliphatic rings. The fourth-order valence-corrected chi connectivity index (χ4v) is 3.26. The zero-order chi connectivity index (χ0) is 18.0. The lowest BCUT2D eigenvalue weighted by molar-refractivity contribution is -0.138. The van der Waals surface area contributed by atoms with E-state index in [9.17, 15) is 18.0 Å². The highest BCUT2D eigenvalue weighted by Gasteiger charge is 2.33. The molecule has 3 rings (SSSR count). The van der Waals surface area contributed by atoms with Crippen LogP contribution in [0.5, 0.6) is 0 Å². The Kier molecular flexibility index (Phi) is 4.57. The molecule has 132 valence electrons. The fraction of sp³-hybridized carbons (Fsp3) is 0.278. The minimum Gasteiger partial charge on any atom is -0.367 e. The average Bonchev–Trinajstić information content (AvgIpc) is 2.55. The second kappa shape index (κ2) is 6.66. The van der Waals surface area contributed by atoms with Crippen molar-refractivity contribution in [2.24, 2.45) is 5.73 Å². The highest BCUT2D eigenvalue weighted by molar-refractivity contribution is 5.90. The van der Waals surface area contributed by atoms with Crippen molar-refractivity contribution in [3.05, 3.63) is 59.2 Å². The molecule has 7 heteroatoms. The molecule has 1 heterocycles. The zero-order valence-corrected chi connectivity index (χ0v) is 13.4. The van der Waals surface area contributed by atoms with Crippen LogP contribution in [-0.2, 0) is 19.1 Å². The third kappa shape index (κ3) is 3.70. The molecule has 2 amide bonds. The second-order valence-electron chi connectivity index (χ2n) is 5.97. The molecule has 0 unspecified atom stereocenters. The summed E-state index contributed by atoms with van der Waals surface area (Å²) in [5, 5.41) is 2.59. The van der Waals surface area contributed by atoms with Gasteiger partial charge in [0, 0.05) is 24.5 Å². The standard InChI is InChI=1S/C18H18F3N3O/c19-18(20,21)14-7-2-1-5-12(14)11-24-10-4-6-13-15(23-17(22)25)8-3-9-16(13)24/h1-3,5,7-9H,4,6,10-11H2,(H3,22,23,25). The number of hydrogen-bond donors (Lipinski definition) is 2. The second-order valence-corrected chi connectivity index (χ2v) is 5.97. The maximum absolute atomic E-state index is 13.2. The number of nitrogens with two attached hydrogens (primary N) is 1. The fourth-order valence-electron chi connectivity index (χ4n) is 3.26. The molecule has 3 N–H and O–H groups in total. The number of carbonyl (C=O) groups excluding carboxylic acids is 1. The third-order valence-corrected chi connectivity index (χ3v) is 4.29. The summed E-state index contributed by atoms with van der Waals surface area (Å²) in [5.74, 6) is 0. The number of urea groups is 1. The van der Waals surface area contributed by atoms with Crippen LogP contribution in [0.1, 0.15) is 23.1 Å². The first kappa shape index (κ1) is 17.1. The molecule has 0 aliphatic carbocycles. The van der Waals surface area contributed by atoms with Crippen molar-refractivity contribution in [1.29, 1.82) is 0 Å². The number of carbonyl (C=O) groups is 1. The normalized spacial score (nSPS) is 14.1. The summed E-state index contributed by atoms with van der Waals surface area (Å²) in [5.41, 5.74) is 7.15. The first-order chi connectivity index (χ1) is 11.9. The van der Waals surface area contributed by atoms with Crippen LogP contribution < -0.4 is 16.0 Å². The quantitative estimate of drug-likeness (QED) is 0.875. The smallest absolute Gasteiger partial charge is 0.367 e. The van der Waals surface area contributed by atoms with E-state index in [-0.39, 0.29) is 12.1 Å². The summed E-state index contributed by atoms with van der Waals surface area (Å²) in [6.45, 7) is 0.807. The molecule has 2 aromatic rings. The van der Waals surface area contributed by atoms with Gasteiger partial charge < -0.3 is 16.0 Å². The van der Waals surface area contributed by atoms with E-state index in [4.69, 9.17) is 5.73 Å². The predicted molar refractivity (Wildman–Crippen MR) is 90.5 cm³/mol. The molecule has 0 radical (unpaired) electrons. The van der Waals surface area contributed by atoms with Crippen LogP contribution in [0.2, 0.25) is 0 Å². The highest BCUT2D eigenvalue weighted by atomic mass is 19.4. The molecule has 4 nitrogen and oxygen atoms in total. The Morgan fingerprint density at radius 2 is 1.92 bits per heavy atom. The summed E-state index contributed by atoms with van der Waals surface area (Å²) in [4.78, 5) is 13.1. The van der Waals surface area contributed by atoms with Crippen LogP contribution in [-0.4, -0.2) is 12.6 Å². The number of benzene rings is 2. The Labute approximate surface area is 143 Å². The van der Waals surface area contributed by atoms with E-state index in [1.807, 2.05) is 11.0 Å². The van der Waals surface area contributed by atoms with Gasteiger partial charge in [-0.2, -0.15) is 13.2 Å². The maximum Gasteiger partial charge on any atom is 0.416 e. The van der Waals surface area contributed by atoms with Gasteiger partial charge in [-0.05, 0) is 42.2 Å². The molecular weight excluding hydrogens is 331 g/mol. The van der Waals surface area contributed by atoms with Gasteiger partial charge in [0.15, 0.2) is 0 Å². The molecule has 0 bridgehead atoms. The summed E-state index contributed by atoms with van der Waals surface area (Å²) in [6.07, 6.45) is -2.85. The molecule has 25 heavy (non-hydrogen) atoms. The van der Waals surface area contributed by atoms with Crippen LogP contribution >= 0.6 is 0 Å². The third-order valence-electron chi connectivity index (χ3n) is 4.29. The number of anilines is 2. The number of hydrogen-bond acceptors (Lipinski definition) is 2. The van der Waals surface area contributed by atoms with Gasteiger partial charge >= 0.3 is 12.2 Å². The predicted octanol–water partition coefficient (Wildman–Crippen LogP) is 4.15. The Hall–Kier alpha value is -2.70. The molecule has 1 aliphatic heterocycles. The SMILES string of the molecule is NC(=O)Nc1cccc2c1CCCN2Cc1ccccc1C(F)(F)F. The van der Waals surface area contributed by atoms with Gasteiger partial charge in [0.05, 0.1) is 5.56 Å². The van der Waals surface area contributed by atoms with Gasteiger partial charge in [0.25, 0.3) is 0 Å². The van der Waals surface area contributed by atoms with Crippen LogP contribution in [0.3, 0.4) is 0 Å². The molecule has 0 atom stereocenters. The summed E-state index contributed by atoms with van der Waals surface area (Å²) < 4.78 is 39.7. The van der Waals surface area contributed by atoms with Crippen molar-refractivity contribution in [3.63, 3.8) is 0 Å². The lowest BCUT2D eigenvalue weighted by atomic mass is 9.98. The Bertz CT molecular complexity index is 789. The van der Waals surface area contributed by atoms with E-state index in [1.165, 1.54) is 12.1 Å². The number of fused-ring (bicyclic) bond motifs is 1. The van der Waals surface area contributed by atoms with E-state index in [2.05, 4.69) is 5.32 Å². The lowest BCUT2D eigenvalue weighted by Gasteiger charge is -2.33. The van der Waals surface area contributed by atoms with Crippen molar-refractivity contribution in [2.75, 3.05) is 16.8 Å². The van der Waals surface area contributed by atoms with E-state index < -0.39 is 17.8 Å². The van der Waals surface area contributed by atoms with E-state index in [0.717, 1.165) is 30.2 Å². The van der Waals surface area contributed by atoms with E-state index >= 15 is 0 Å². The Morgan fingerprint density at radius 3 is 2.64 bits per heavy atom. The summed E-state index contributed by atoms with van der Waals surface area (Å²) in [7, 11) is 0. The van der Waals surface area contributed by atoms with Crippen LogP contribution in [0, 0.1) is 0 Å². The molecule has 0 aromatic heterocycles. The number of halogens is 3. The monoisotopic (exact) mass is 349 g/mol. The Morgan fingerprint density at radius 1 is 1.16 bits per heavy atom. The molecule has 2 aromatic carbocycles. The number of alkyl halides is 3. The largest absolute Gasteiger partial charge is 0.416 e. The van der Waals surface area contributed by atoms with Crippen molar-refractivity contribution in [1.82, 2.24) is 0 Å². The molecule has 0 saturated heterocycles. The van der Waals surface area contributed by atoms with Gasteiger partial charge in [-0.25, -0.2) is 4.79 Å². The van der Waals surface area contributed by atoms with Gasteiger partial charge in [0.2, 0.25) is 0 Å². The van der Waals surface area contributed by atoms with Gasteiger partial charge in [-0.3, -0.25) is 0 Å². The number of nitrogens with one attached hydrogen (secondary N) is 1. The molecular formula is C18H18F3N3O. The first-order valence-corrected chi connectivity index (χ1v) is 7.94.